The molecule has 0 aromatic carbocycles. The van der Waals surface area contributed by atoms with Gasteiger partial charge in [-0.2, -0.15) is 0 Å². The maximum atomic E-state index is 12.9. The monoisotopic (exact) mass is 391 g/mol. The van der Waals surface area contributed by atoms with Gasteiger partial charge >= 0.3 is 0 Å². The number of hydrogen-bond donors (Lipinski definition) is 0. The SMILES string of the molecule is Cc1ccc(C(=O)N2CCC[C@@H]2CCc2cnc(-c3c(C)noc3C)cn2)cn1. The summed E-state index contributed by atoms with van der Waals surface area (Å²) in [4.78, 5) is 28.2. The summed E-state index contributed by atoms with van der Waals surface area (Å²) in [5, 5.41) is 3.97. The van der Waals surface area contributed by atoms with Crippen LogP contribution in [0.1, 0.15) is 52.5 Å². The summed E-state index contributed by atoms with van der Waals surface area (Å²) in [6.45, 7) is 6.50. The van der Waals surface area contributed by atoms with E-state index in [0.29, 0.717) is 5.56 Å². The third-order valence-electron chi connectivity index (χ3n) is 5.52. The summed E-state index contributed by atoms with van der Waals surface area (Å²) < 4.78 is 5.21. The number of nitrogens with zero attached hydrogens (tertiary/aromatic N) is 5. The van der Waals surface area contributed by atoms with Crippen molar-refractivity contribution in [2.45, 2.75) is 52.5 Å². The molecule has 0 aliphatic carbocycles. The number of likely N-dealkylation sites (tertiary alicyclic amines) is 1. The molecule has 4 heterocycles. The fourth-order valence-electron chi connectivity index (χ4n) is 3.94. The zero-order valence-electron chi connectivity index (χ0n) is 17.1. The number of carbonyl (C=O) groups excluding carboxylic acids is 1. The summed E-state index contributed by atoms with van der Waals surface area (Å²) in [6, 6.07) is 3.97. The molecule has 0 unspecified atom stereocenters. The van der Waals surface area contributed by atoms with Gasteiger partial charge in [0.25, 0.3) is 5.91 Å². The van der Waals surface area contributed by atoms with E-state index < -0.39 is 0 Å². The van der Waals surface area contributed by atoms with E-state index in [1.807, 2.05) is 44.0 Å². The fraction of sp³-hybridized carbons (Fsp3) is 0.409. The minimum Gasteiger partial charge on any atom is -0.361 e. The van der Waals surface area contributed by atoms with Crippen LogP contribution in [0, 0.1) is 20.8 Å². The Kier molecular flexibility index (Phi) is 5.38. The van der Waals surface area contributed by atoms with E-state index in [9.17, 15) is 4.79 Å². The molecule has 0 N–H and O–H groups in total. The van der Waals surface area contributed by atoms with Gasteiger partial charge in [0.1, 0.15) is 5.76 Å². The fourth-order valence-corrected chi connectivity index (χ4v) is 3.94. The van der Waals surface area contributed by atoms with Crippen LogP contribution in [0.15, 0.2) is 35.2 Å². The molecule has 7 nitrogen and oxygen atoms in total. The first kappa shape index (κ1) is 19.2. The van der Waals surface area contributed by atoms with E-state index in [1.165, 1.54) is 0 Å². The van der Waals surface area contributed by atoms with E-state index in [0.717, 1.165) is 66.3 Å². The average Bonchev–Trinajstić information content (AvgIpc) is 3.33. The summed E-state index contributed by atoms with van der Waals surface area (Å²) in [7, 11) is 0. The first-order valence-electron chi connectivity index (χ1n) is 10.0. The number of carbonyl (C=O) groups is 1. The van der Waals surface area contributed by atoms with E-state index in [-0.39, 0.29) is 11.9 Å². The molecule has 4 rings (SSSR count). The largest absolute Gasteiger partial charge is 0.361 e. The number of rotatable bonds is 5. The van der Waals surface area contributed by atoms with Gasteiger partial charge in [0, 0.05) is 30.7 Å². The molecule has 1 fully saturated rings. The van der Waals surface area contributed by atoms with Crippen molar-refractivity contribution >= 4 is 5.91 Å². The number of aryl methyl sites for hydroxylation is 4. The van der Waals surface area contributed by atoms with Gasteiger partial charge in [-0.15, -0.1) is 0 Å². The lowest BCUT2D eigenvalue weighted by atomic mass is 10.1. The molecule has 0 bridgehead atoms. The van der Waals surface area contributed by atoms with Crippen LogP contribution >= 0.6 is 0 Å². The van der Waals surface area contributed by atoms with Crippen LogP contribution in [-0.4, -0.2) is 43.5 Å². The zero-order valence-corrected chi connectivity index (χ0v) is 17.1. The summed E-state index contributed by atoms with van der Waals surface area (Å²) >= 11 is 0. The molecule has 7 heteroatoms. The molecule has 1 aliphatic rings. The van der Waals surface area contributed by atoms with Gasteiger partial charge in [-0.3, -0.25) is 19.7 Å². The van der Waals surface area contributed by atoms with Crippen molar-refractivity contribution in [3.8, 4) is 11.3 Å². The molecule has 0 radical (unpaired) electrons. The van der Waals surface area contributed by atoms with Crippen molar-refractivity contribution < 1.29 is 9.32 Å². The molecular formula is C22H25N5O2. The third-order valence-corrected chi connectivity index (χ3v) is 5.52. The highest BCUT2D eigenvalue weighted by Gasteiger charge is 2.29. The van der Waals surface area contributed by atoms with Crippen LogP contribution in [-0.2, 0) is 6.42 Å². The lowest BCUT2D eigenvalue weighted by Crippen LogP contribution is -2.35. The smallest absolute Gasteiger partial charge is 0.255 e. The van der Waals surface area contributed by atoms with Crippen LogP contribution in [0.3, 0.4) is 0 Å². The van der Waals surface area contributed by atoms with Crippen molar-refractivity contribution in [1.29, 1.82) is 0 Å². The van der Waals surface area contributed by atoms with Crippen molar-refractivity contribution in [1.82, 2.24) is 25.0 Å². The highest BCUT2D eigenvalue weighted by Crippen LogP contribution is 2.26. The minimum atomic E-state index is 0.0693. The lowest BCUT2D eigenvalue weighted by Gasteiger charge is -2.24. The Morgan fingerprint density at radius 2 is 2.00 bits per heavy atom. The Morgan fingerprint density at radius 1 is 1.14 bits per heavy atom. The number of aromatic nitrogens is 4. The Balaban J connectivity index is 1.40. The maximum absolute atomic E-state index is 12.9. The van der Waals surface area contributed by atoms with Crippen LogP contribution < -0.4 is 0 Å². The molecule has 1 saturated heterocycles. The molecule has 150 valence electrons. The number of pyridine rings is 1. The Hall–Kier alpha value is -3.09. The highest BCUT2D eigenvalue weighted by molar-refractivity contribution is 5.94. The lowest BCUT2D eigenvalue weighted by molar-refractivity contribution is 0.0730. The molecule has 3 aromatic rings. The van der Waals surface area contributed by atoms with Crippen molar-refractivity contribution in [2.75, 3.05) is 6.54 Å². The van der Waals surface area contributed by atoms with E-state index in [2.05, 4.69) is 20.1 Å². The molecule has 1 atom stereocenters. The second-order valence-electron chi connectivity index (χ2n) is 7.61. The maximum Gasteiger partial charge on any atom is 0.255 e. The summed E-state index contributed by atoms with van der Waals surface area (Å²) in [5.41, 5.74) is 4.99. The molecule has 3 aromatic heterocycles. The van der Waals surface area contributed by atoms with Crippen LogP contribution in [0.2, 0.25) is 0 Å². The molecule has 1 aliphatic heterocycles. The minimum absolute atomic E-state index is 0.0693. The van der Waals surface area contributed by atoms with Crippen LogP contribution in [0.25, 0.3) is 11.3 Å². The average molecular weight is 391 g/mol. The second kappa shape index (κ2) is 8.11. The second-order valence-corrected chi connectivity index (χ2v) is 7.61. The first-order valence-corrected chi connectivity index (χ1v) is 10.0. The quantitative estimate of drug-likeness (QED) is 0.659. The van der Waals surface area contributed by atoms with Crippen molar-refractivity contribution in [2.24, 2.45) is 0 Å². The zero-order chi connectivity index (χ0) is 20.4. The van der Waals surface area contributed by atoms with E-state index in [1.54, 1.807) is 12.4 Å². The number of hydrogen-bond acceptors (Lipinski definition) is 6. The van der Waals surface area contributed by atoms with E-state index in [4.69, 9.17) is 4.52 Å². The van der Waals surface area contributed by atoms with Gasteiger partial charge in [-0.25, -0.2) is 0 Å². The van der Waals surface area contributed by atoms with Gasteiger partial charge in [-0.1, -0.05) is 5.16 Å². The van der Waals surface area contributed by atoms with Gasteiger partial charge in [-0.05, 0) is 58.6 Å². The van der Waals surface area contributed by atoms with Crippen LogP contribution in [0.4, 0.5) is 0 Å². The molecular weight excluding hydrogens is 366 g/mol. The Labute approximate surface area is 170 Å². The van der Waals surface area contributed by atoms with Gasteiger partial charge in [0.15, 0.2) is 0 Å². The predicted molar refractivity (Wildman–Crippen MR) is 108 cm³/mol. The Morgan fingerprint density at radius 3 is 2.66 bits per heavy atom. The molecule has 0 saturated carbocycles. The van der Waals surface area contributed by atoms with Crippen LogP contribution in [0.5, 0.6) is 0 Å². The highest BCUT2D eigenvalue weighted by atomic mass is 16.5. The molecule has 0 spiro atoms. The molecule has 1 amide bonds. The topological polar surface area (TPSA) is 85.0 Å². The Bertz CT molecular complexity index is 976. The van der Waals surface area contributed by atoms with Gasteiger partial charge < -0.3 is 9.42 Å². The molecule has 29 heavy (non-hydrogen) atoms. The van der Waals surface area contributed by atoms with Gasteiger partial charge in [0.05, 0.1) is 34.4 Å². The van der Waals surface area contributed by atoms with E-state index >= 15 is 0 Å². The van der Waals surface area contributed by atoms with Crippen molar-refractivity contribution in [3.05, 3.63) is 59.1 Å². The standard InChI is InChI=1S/C22H25N5O2/c1-14-6-7-17(11-23-14)22(28)27-10-4-5-19(27)9-8-18-12-25-20(13-24-18)21-15(2)26-29-16(21)3/h6-7,11-13,19H,4-5,8-10H2,1-3H3/t19-/m1/s1. The first-order chi connectivity index (χ1) is 14.0. The predicted octanol–water partition coefficient (Wildman–Crippen LogP) is 3.69. The third kappa shape index (κ3) is 4.04. The summed E-state index contributed by atoms with van der Waals surface area (Å²) in [5.74, 6) is 0.815. The summed E-state index contributed by atoms with van der Waals surface area (Å²) in [6.07, 6.45) is 8.98. The van der Waals surface area contributed by atoms with Crippen molar-refractivity contribution in [3.63, 3.8) is 0 Å². The normalized spacial score (nSPS) is 16.4. The van der Waals surface area contributed by atoms with Gasteiger partial charge in [0.2, 0.25) is 0 Å². The number of amides is 1.